The minimum absolute atomic E-state index is 0.197. The van der Waals surface area contributed by atoms with Crippen LogP contribution in [0.5, 0.6) is 0 Å². The summed E-state index contributed by atoms with van der Waals surface area (Å²) in [6.45, 7) is -0.197. The third-order valence-corrected chi connectivity index (χ3v) is 5.55. The van der Waals surface area contributed by atoms with Crippen LogP contribution >= 0.6 is 27.7 Å². The number of hydrogen-bond donors (Lipinski definition) is 1. The predicted octanol–water partition coefficient (Wildman–Crippen LogP) is 3.44. The number of fused-ring (bicyclic) bond motifs is 1. The summed E-state index contributed by atoms with van der Waals surface area (Å²) in [6, 6.07) is 17.0. The summed E-state index contributed by atoms with van der Waals surface area (Å²) < 4.78 is 3.29. The lowest BCUT2D eigenvalue weighted by atomic mass is 10.3. The van der Waals surface area contributed by atoms with Crippen molar-refractivity contribution in [2.45, 2.75) is 16.5 Å². The van der Waals surface area contributed by atoms with Crippen LogP contribution in [-0.4, -0.2) is 25.1 Å². The van der Waals surface area contributed by atoms with Crippen LogP contribution in [0, 0.1) is 0 Å². The maximum Gasteiger partial charge on any atom is 0.350 e. The number of carbonyl (C=O) groups is 1. The average Bonchev–Trinajstić information content (AvgIpc) is 3.01. The second-order valence-corrected chi connectivity index (χ2v) is 7.73. The fourth-order valence-corrected chi connectivity index (χ4v) is 3.83. The molecule has 1 amide bonds. The predicted molar refractivity (Wildman–Crippen MR) is 111 cm³/mol. The minimum atomic E-state index is -0.394. The second-order valence-electron chi connectivity index (χ2n) is 5.81. The SMILES string of the molecule is O=C(Cn1nc2c(Sc3ccccc3)nccn2c1=O)Nc1ccccc1Br. The smallest absolute Gasteiger partial charge is 0.323 e. The molecule has 9 heteroatoms. The third-order valence-electron chi connectivity index (χ3n) is 3.87. The monoisotopic (exact) mass is 455 g/mol. The molecule has 0 radical (unpaired) electrons. The van der Waals surface area contributed by atoms with E-state index < -0.39 is 5.69 Å². The first-order valence-corrected chi connectivity index (χ1v) is 9.94. The number of amides is 1. The summed E-state index contributed by atoms with van der Waals surface area (Å²) in [6.07, 6.45) is 3.09. The quantitative estimate of drug-likeness (QED) is 0.498. The summed E-state index contributed by atoms with van der Waals surface area (Å²) in [5.74, 6) is -0.345. The second kappa shape index (κ2) is 7.99. The Morgan fingerprint density at radius 2 is 1.86 bits per heavy atom. The molecule has 0 atom stereocenters. The third kappa shape index (κ3) is 3.85. The Kier molecular flexibility index (Phi) is 5.27. The summed E-state index contributed by atoms with van der Waals surface area (Å²) >= 11 is 4.79. The molecule has 140 valence electrons. The molecular weight excluding hydrogens is 442 g/mol. The van der Waals surface area contributed by atoms with Gasteiger partial charge < -0.3 is 5.32 Å². The van der Waals surface area contributed by atoms with Gasteiger partial charge in [0.1, 0.15) is 11.6 Å². The van der Waals surface area contributed by atoms with Gasteiger partial charge in [-0.2, -0.15) is 0 Å². The molecule has 0 aliphatic heterocycles. The largest absolute Gasteiger partial charge is 0.350 e. The van der Waals surface area contributed by atoms with E-state index in [0.29, 0.717) is 16.4 Å². The summed E-state index contributed by atoms with van der Waals surface area (Å²) in [5.41, 5.74) is 0.649. The molecule has 2 heterocycles. The van der Waals surface area contributed by atoms with Crippen molar-refractivity contribution in [2.75, 3.05) is 5.32 Å². The zero-order valence-corrected chi connectivity index (χ0v) is 16.9. The Bertz CT molecular complexity index is 1210. The van der Waals surface area contributed by atoms with Gasteiger partial charge in [0.15, 0.2) is 5.65 Å². The van der Waals surface area contributed by atoms with Gasteiger partial charge in [-0.05, 0) is 40.2 Å². The van der Waals surface area contributed by atoms with E-state index in [2.05, 4.69) is 31.3 Å². The van der Waals surface area contributed by atoms with Crippen molar-refractivity contribution in [2.24, 2.45) is 0 Å². The van der Waals surface area contributed by atoms with Crippen LogP contribution in [0.2, 0.25) is 0 Å². The van der Waals surface area contributed by atoms with Gasteiger partial charge in [-0.15, -0.1) is 5.10 Å². The highest BCUT2D eigenvalue weighted by molar-refractivity contribution is 9.10. The standard InChI is InChI=1S/C19H14BrN5O2S/c20-14-8-4-5-9-15(14)22-16(26)12-25-19(27)24-11-10-21-18(17(24)23-25)28-13-6-2-1-3-7-13/h1-11H,12H2,(H,22,26). The Morgan fingerprint density at radius 1 is 1.11 bits per heavy atom. The molecule has 0 aliphatic rings. The Hall–Kier alpha value is -2.91. The summed E-state index contributed by atoms with van der Waals surface area (Å²) in [4.78, 5) is 30.3. The highest BCUT2D eigenvalue weighted by Crippen LogP contribution is 2.27. The number of aromatic nitrogens is 4. The van der Waals surface area contributed by atoms with Gasteiger partial charge in [-0.1, -0.05) is 42.1 Å². The summed E-state index contributed by atoms with van der Waals surface area (Å²) in [7, 11) is 0. The normalized spacial score (nSPS) is 10.9. The van der Waals surface area contributed by atoms with E-state index in [0.717, 1.165) is 14.1 Å². The number of carbonyl (C=O) groups excluding carboxylic acids is 1. The van der Waals surface area contributed by atoms with Crippen molar-refractivity contribution in [1.29, 1.82) is 0 Å². The van der Waals surface area contributed by atoms with Crippen molar-refractivity contribution in [3.8, 4) is 0 Å². The number of nitrogens with zero attached hydrogens (tertiary/aromatic N) is 4. The van der Waals surface area contributed by atoms with E-state index in [1.54, 1.807) is 18.5 Å². The Balaban J connectivity index is 1.61. The van der Waals surface area contributed by atoms with E-state index in [4.69, 9.17) is 0 Å². The summed E-state index contributed by atoms with van der Waals surface area (Å²) in [5, 5.41) is 7.69. The van der Waals surface area contributed by atoms with E-state index >= 15 is 0 Å². The molecule has 7 nitrogen and oxygen atoms in total. The van der Waals surface area contributed by atoms with E-state index in [-0.39, 0.29) is 12.5 Å². The number of halogens is 1. The minimum Gasteiger partial charge on any atom is -0.323 e. The first-order valence-electron chi connectivity index (χ1n) is 8.33. The van der Waals surface area contributed by atoms with Gasteiger partial charge in [0.05, 0.1) is 5.69 Å². The lowest BCUT2D eigenvalue weighted by molar-refractivity contribution is -0.117. The first-order chi connectivity index (χ1) is 13.6. The fraction of sp³-hybridized carbons (Fsp3) is 0.0526. The molecule has 0 spiro atoms. The highest BCUT2D eigenvalue weighted by atomic mass is 79.9. The van der Waals surface area contributed by atoms with E-state index in [1.165, 1.54) is 16.2 Å². The zero-order valence-electron chi connectivity index (χ0n) is 14.4. The van der Waals surface area contributed by atoms with Crippen molar-refractivity contribution >= 4 is 44.9 Å². The molecule has 0 saturated heterocycles. The number of anilines is 1. The molecule has 28 heavy (non-hydrogen) atoms. The van der Waals surface area contributed by atoms with Crippen LogP contribution in [0.3, 0.4) is 0 Å². The van der Waals surface area contributed by atoms with Crippen LogP contribution in [0.15, 0.2) is 86.2 Å². The first kappa shape index (κ1) is 18.5. The number of rotatable bonds is 5. The van der Waals surface area contributed by atoms with Crippen molar-refractivity contribution in [3.05, 3.63) is 81.9 Å². The highest BCUT2D eigenvalue weighted by Gasteiger charge is 2.15. The van der Waals surface area contributed by atoms with E-state index in [9.17, 15) is 9.59 Å². The van der Waals surface area contributed by atoms with Crippen LogP contribution in [0.25, 0.3) is 5.65 Å². The van der Waals surface area contributed by atoms with E-state index in [1.807, 2.05) is 48.5 Å². The maximum atomic E-state index is 12.6. The number of para-hydroxylation sites is 1. The van der Waals surface area contributed by atoms with Crippen molar-refractivity contribution < 1.29 is 4.79 Å². The molecule has 4 rings (SSSR count). The van der Waals surface area contributed by atoms with Gasteiger partial charge >= 0.3 is 5.69 Å². The number of benzene rings is 2. The van der Waals surface area contributed by atoms with Crippen molar-refractivity contribution in [3.63, 3.8) is 0 Å². The molecule has 4 aromatic rings. The Labute approximate surface area is 172 Å². The van der Waals surface area contributed by atoms with Gasteiger partial charge in [0.25, 0.3) is 0 Å². The Morgan fingerprint density at radius 3 is 2.64 bits per heavy atom. The molecule has 2 aromatic carbocycles. The van der Waals surface area contributed by atoms with Crippen LogP contribution in [-0.2, 0) is 11.3 Å². The van der Waals surface area contributed by atoms with Gasteiger partial charge in [-0.25, -0.2) is 18.9 Å². The molecule has 1 N–H and O–H groups in total. The molecular formula is C19H14BrN5O2S. The molecule has 0 saturated carbocycles. The lowest BCUT2D eigenvalue weighted by Crippen LogP contribution is -2.28. The number of nitrogens with one attached hydrogen (secondary N) is 1. The lowest BCUT2D eigenvalue weighted by Gasteiger charge is -2.06. The topological polar surface area (TPSA) is 81.3 Å². The molecule has 0 unspecified atom stereocenters. The van der Waals surface area contributed by atoms with Gasteiger partial charge in [0.2, 0.25) is 5.91 Å². The maximum absolute atomic E-state index is 12.6. The van der Waals surface area contributed by atoms with Gasteiger partial charge in [0, 0.05) is 21.8 Å². The zero-order chi connectivity index (χ0) is 19.5. The number of hydrogen-bond acceptors (Lipinski definition) is 5. The fourth-order valence-electron chi connectivity index (χ4n) is 2.59. The molecule has 0 aliphatic carbocycles. The van der Waals surface area contributed by atoms with Crippen LogP contribution in [0.1, 0.15) is 0 Å². The average molecular weight is 456 g/mol. The van der Waals surface area contributed by atoms with Crippen molar-refractivity contribution in [1.82, 2.24) is 19.2 Å². The molecule has 2 aromatic heterocycles. The molecule has 0 bridgehead atoms. The molecule has 0 fully saturated rings. The van der Waals surface area contributed by atoms with Gasteiger partial charge in [-0.3, -0.25) is 4.79 Å². The van der Waals surface area contributed by atoms with Crippen LogP contribution in [0.4, 0.5) is 5.69 Å². The van der Waals surface area contributed by atoms with Crippen LogP contribution < -0.4 is 11.0 Å².